The quantitative estimate of drug-likeness (QED) is 0.0857. The van der Waals surface area contributed by atoms with Gasteiger partial charge >= 0.3 is 82.8 Å². The Bertz CT molecular complexity index is 2360. The van der Waals surface area contributed by atoms with Crippen molar-refractivity contribution in [1.29, 1.82) is 0 Å². The number of aromatic nitrogens is 6. The van der Waals surface area contributed by atoms with Gasteiger partial charge in [-0.3, -0.25) is 29.9 Å². The molecule has 6 nitrogen and oxygen atoms in total. The maximum atomic E-state index is 9.87. The fourth-order valence-electron chi connectivity index (χ4n) is 5.04. The molecule has 3 aromatic carbocycles. The Labute approximate surface area is 323 Å². The van der Waals surface area contributed by atoms with E-state index >= 15 is 0 Å². The van der Waals surface area contributed by atoms with Crippen LogP contribution in [0.25, 0.3) is 65.4 Å². The molecule has 0 amide bonds. The summed E-state index contributed by atoms with van der Waals surface area (Å²) < 4.78 is 118. The molecule has 0 saturated heterocycles. The molecule has 0 spiro atoms. The van der Waals surface area contributed by atoms with Crippen LogP contribution in [-0.2, 0) is 16.8 Å². The number of fused-ring (bicyclic) bond motifs is 9. The van der Waals surface area contributed by atoms with Crippen LogP contribution in [0.15, 0.2) is 146 Å². The molecule has 0 fully saturated rings. The van der Waals surface area contributed by atoms with Crippen molar-refractivity contribution >= 4 is 81.0 Å². The van der Waals surface area contributed by atoms with Gasteiger partial charge in [0.15, 0.2) is 0 Å². The third kappa shape index (κ3) is 15.6. The van der Waals surface area contributed by atoms with Crippen LogP contribution >= 0.6 is 15.6 Å². The molecule has 0 bridgehead atoms. The monoisotopic (exact) mass is 889 g/mol. The summed E-state index contributed by atoms with van der Waals surface area (Å²) in [6, 6.07) is 36.4. The molecule has 9 rings (SSSR count). The van der Waals surface area contributed by atoms with E-state index in [0.29, 0.717) is 0 Å². The van der Waals surface area contributed by atoms with Gasteiger partial charge in [-0.1, -0.05) is 72.8 Å². The Morgan fingerprint density at radius 2 is 0.368 bits per heavy atom. The Balaban J connectivity index is 0.000000163. The molecule has 6 heterocycles. The van der Waals surface area contributed by atoms with Crippen molar-refractivity contribution in [2.45, 2.75) is 0 Å². The van der Waals surface area contributed by atoms with Gasteiger partial charge in [-0.15, -0.1) is 0 Å². The van der Waals surface area contributed by atoms with Crippen LogP contribution in [0.1, 0.15) is 0 Å². The average molecular weight is 889 g/mol. The molecule has 0 N–H and O–H groups in total. The molecule has 57 heavy (non-hydrogen) atoms. The SMILES string of the molecule is F[P-](F)(F)(F)(F)F.F[P-](F)(F)(F)(F)F.[Co+2].c1cnc2c(c1)ccc1cccnc12.c1cnc2c(c1)ccc1cccnc12.c1cnc2c(c1)ccc1cccnc12. The van der Waals surface area contributed by atoms with Gasteiger partial charge in [0.05, 0.1) is 33.1 Å². The van der Waals surface area contributed by atoms with Crippen molar-refractivity contribution in [2.24, 2.45) is 0 Å². The van der Waals surface area contributed by atoms with Crippen molar-refractivity contribution in [2.75, 3.05) is 0 Å². The van der Waals surface area contributed by atoms with Crippen LogP contribution < -0.4 is 0 Å². The molecule has 21 heteroatoms. The third-order valence-corrected chi connectivity index (χ3v) is 7.03. The van der Waals surface area contributed by atoms with E-state index in [1.54, 1.807) is 37.2 Å². The van der Waals surface area contributed by atoms with Crippen LogP contribution in [0.4, 0.5) is 50.4 Å². The number of hydrogen-bond acceptors (Lipinski definition) is 6. The van der Waals surface area contributed by atoms with Crippen LogP contribution in [0.5, 0.6) is 0 Å². The summed E-state index contributed by atoms with van der Waals surface area (Å²) in [5, 5.41) is 6.83. The van der Waals surface area contributed by atoms with Crippen LogP contribution in [-0.4, -0.2) is 29.9 Å². The molecule has 1 radical (unpaired) electrons. The zero-order valence-corrected chi connectivity index (χ0v) is 31.1. The van der Waals surface area contributed by atoms with E-state index in [1.807, 2.05) is 36.4 Å². The molecular formula is C36H24CoF12N6P2. The van der Waals surface area contributed by atoms with Crippen molar-refractivity contribution in [3.63, 3.8) is 0 Å². The fraction of sp³-hybridized carbons (Fsp3) is 0. The standard InChI is InChI=1S/3C12H8N2.Co.2F6P/c3*1-3-9-5-6-10-4-2-8-14-12(10)11(9)13-7-1;;2*1-7(2,3,4,5)6/h3*1-8H;;;/q;;;+2;2*-1. The summed E-state index contributed by atoms with van der Waals surface area (Å²) in [5.74, 6) is 0. The van der Waals surface area contributed by atoms with Crippen molar-refractivity contribution < 1.29 is 67.1 Å². The largest absolute Gasteiger partial charge is 2.00 e. The van der Waals surface area contributed by atoms with Gasteiger partial charge < -0.3 is 0 Å². The van der Waals surface area contributed by atoms with E-state index in [4.69, 9.17) is 0 Å². The second kappa shape index (κ2) is 15.2. The molecule has 0 aliphatic heterocycles. The minimum Gasteiger partial charge on any atom is -0.254 e. The third-order valence-electron chi connectivity index (χ3n) is 7.03. The first kappa shape index (κ1) is 44.4. The number of benzene rings is 3. The van der Waals surface area contributed by atoms with Gasteiger partial charge in [0.2, 0.25) is 0 Å². The Morgan fingerprint density at radius 3 is 0.491 bits per heavy atom. The van der Waals surface area contributed by atoms with Crippen LogP contribution in [0, 0.1) is 0 Å². The van der Waals surface area contributed by atoms with Crippen molar-refractivity contribution in [1.82, 2.24) is 29.9 Å². The maximum absolute atomic E-state index is 10.7. The second-order valence-electron chi connectivity index (χ2n) is 11.6. The van der Waals surface area contributed by atoms with E-state index in [0.717, 1.165) is 65.4 Å². The maximum Gasteiger partial charge on any atom is 2.00 e. The van der Waals surface area contributed by atoms with Crippen molar-refractivity contribution in [3.05, 3.63) is 146 Å². The summed E-state index contributed by atoms with van der Waals surface area (Å²) in [5.41, 5.74) is 5.86. The first-order valence-corrected chi connectivity index (χ1v) is 19.7. The van der Waals surface area contributed by atoms with Crippen LogP contribution in [0.2, 0.25) is 0 Å². The van der Waals surface area contributed by atoms with Gasteiger partial charge in [0.25, 0.3) is 0 Å². The smallest absolute Gasteiger partial charge is 0.254 e. The summed E-state index contributed by atoms with van der Waals surface area (Å²) >= 11 is 0. The van der Waals surface area contributed by atoms with E-state index in [-0.39, 0.29) is 16.8 Å². The Kier molecular flexibility index (Phi) is 11.8. The number of halogens is 12. The molecule has 0 saturated carbocycles. The van der Waals surface area contributed by atoms with Crippen LogP contribution in [0.3, 0.4) is 0 Å². The fourth-order valence-corrected chi connectivity index (χ4v) is 5.04. The Morgan fingerprint density at radius 1 is 0.246 bits per heavy atom. The van der Waals surface area contributed by atoms with E-state index in [1.165, 1.54) is 0 Å². The molecule has 9 aromatic rings. The van der Waals surface area contributed by atoms with Gasteiger partial charge in [0, 0.05) is 69.5 Å². The van der Waals surface area contributed by atoms with Gasteiger partial charge in [-0.25, -0.2) is 0 Å². The molecule has 0 aliphatic carbocycles. The number of pyridine rings is 6. The summed E-state index contributed by atoms with van der Waals surface area (Å²) in [6.45, 7) is 0. The number of hydrogen-bond donors (Lipinski definition) is 0. The summed E-state index contributed by atoms with van der Waals surface area (Å²) in [4.78, 5) is 26.1. The van der Waals surface area contributed by atoms with Gasteiger partial charge in [-0.2, -0.15) is 0 Å². The normalized spacial score (nSPS) is 13.7. The summed E-state index contributed by atoms with van der Waals surface area (Å²) in [7, 11) is -21.3. The molecule has 0 atom stereocenters. The molecule has 6 aromatic heterocycles. The minimum atomic E-state index is -10.7. The molecular weight excluding hydrogens is 865 g/mol. The van der Waals surface area contributed by atoms with E-state index in [2.05, 4.69) is 103 Å². The van der Waals surface area contributed by atoms with E-state index < -0.39 is 15.6 Å². The average Bonchev–Trinajstić information content (AvgIpc) is 3.13. The predicted octanol–water partition coefficient (Wildman–Crippen LogP) is 15.1. The van der Waals surface area contributed by atoms with E-state index in [9.17, 15) is 50.4 Å². The van der Waals surface area contributed by atoms with Crippen molar-refractivity contribution in [3.8, 4) is 0 Å². The molecule has 0 unspecified atom stereocenters. The van der Waals surface area contributed by atoms with Gasteiger partial charge in [-0.05, 0) is 36.4 Å². The topological polar surface area (TPSA) is 77.3 Å². The number of nitrogens with zero attached hydrogens (tertiary/aromatic N) is 6. The first-order valence-electron chi connectivity index (χ1n) is 15.6. The number of rotatable bonds is 0. The second-order valence-corrected chi connectivity index (χ2v) is 15.4. The zero-order valence-electron chi connectivity index (χ0n) is 28.3. The predicted molar refractivity (Wildman–Crippen MR) is 198 cm³/mol. The molecule has 0 aliphatic rings. The first-order chi connectivity index (χ1) is 25.7. The zero-order chi connectivity index (χ0) is 41.0. The minimum absolute atomic E-state index is 0. The van der Waals surface area contributed by atoms with Gasteiger partial charge in [0.1, 0.15) is 0 Å². The summed E-state index contributed by atoms with van der Waals surface area (Å²) in [6.07, 6.45) is 10.8. The Hall–Kier alpha value is -5.35. The molecule has 301 valence electrons.